The standard InChI is InChI=1S/C30H27N3O8/c1-20(34)28(30(37)41-18-22-12-15-23(16-13-22)33(38)39)32-25(17-14-21-8-4-2-5-9-21)27(29(32)36)31-26(35)19-40-24-10-6-3-7-11-24/h2-17,25,27,34H,18-19H2,1H3,(H,31,35)/t25-,27+/m0/s1. The average Bonchev–Trinajstić information content (AvgIpc) is 2.98. The number of carbonyl (C=O) groups is 3. The maximum atomic E-state index is 13.2. The summed E-state index contributed by atoms with van der Waals surface area (Å²) in [6, 6.07) is 21.5. The van der Waals surface area contributed by atoms with Gasteiger partial charge >= 0.3 is 5.97 Å². The van der Waals surface area contributed by atoms with E-state index in [2.05, 4.69) is 5.32 Å². The van der Waals surface area contributed by atoms with Gasteiger partial charge in [-0.25, -0.2) is 4.79 Å². The highest BCUT2D eigenvalue weighted by molar-refractivity contribution is 6.02. The molecule has 0 aromatic heterocycles. The van der Waals surface area contributed by atoms with E-state index in [1.165, 1.54) is 31.2 Å². The Hall–Kier alpha value is -5.45. The summed E-state index contributed by atoms with van der Waals surface area (Å²) in [5, 5.41) is 23.9. The van der Waals surface area contributed by atoms with Crippen LogP contribution in [-0.2, 0) is 25.7 Å². The Bertz CT molecular complexity index is 1470. The van der Waals surface area contributed by atoms with Crippen LogP contribution in [-0.4, -0.2) is 51.4 Å². The van der Waals surface area contributed by atoms with Crippen LogP contribution >= 0.6 is 0 Å². The third kappa shape index (κ3) is 7.15. The zero-order valence-corrected chi connectivity index (χ0v) is 22.0. The Balaban J connectivity index is 1.49. The number of allylic oxidation sites excluding steroid dienone is 1. The van der Waals surface area contributed by atoms with Gasteiger partial charge in [-0.1, -0.05) is 60.7 Å². The van der Waals surface area contributed by atoms with Crippen molar-refractivity contribution in [2.24, 2.45) is 0 Å². The van der Waals surface area contributed by atoms with Gasteiger partial charge in [-0.15, -0.1) is 0 Å². The summed E-state index contributed by atoms with van der Waals surface area (Å²) in [7, 11) is 0. The van der Waals surface area contributed by atoms with E-state index in [0.717, 1.165) is 10.5 Å². The highest BCUT2D eigenvalue weighted by Crippen LogP contribution is 2.30. The number of nitrogens with zero attached hydrogens (tertiary/aromatic N) is 2. The van der Waals surface area contributed by atoms with Crippen molar-refractivity contribution in [2.45, 2.75) is 25.6 Å². The second kappa shape index (κ2) is 13.1. The molecule has 1 saturated heterocycles. The predicted octanol–water partition coefficient (Wildman–Crippen LogP) is 3.92. The maximum Gasteiger partial charge on any atom is 0.358 e. The van der Waals surface area contributed by atoms with Crippen LogP contribution in [0.15, 0.2) is 102 Å². The average molecular weight is 558 g/mol. The van der Waals surface area contributed by atoms with Crippen LogP contribution in [0.25, 0.3) is 6.08 Å². The number of benzene rings is 3. The Morgan fingerprint density at radius 3 is 2.27 bits per heavy atom. The van der Waals surface area contributed by atoms with Crippen LogP contribution in [0, 0.1) is 10.1 Å². The zero-order chi connectivity index (χ0) is 29.4. The molecule has 0 aliphatic carbocycles. The summed E-state index contributed by atoms with van der Waals surface area (Å²) in [6.45, 7) is 0.659. The lowest BCUT2D eigenvalue weighted by atomic mass is 9.92. The molecule has 1 fully saturated rings. The van der Waals surface area contributed by atoms with Crippen LogP contribution in [0.1, 0.15) is 18.1 Å². The number of β-lactam (4-membered cyclic amide) rings is 1. The number of non-ortho nitro benzene ring substituents is 1. The van der Waals surface area contributed by atoms with E-state index in [4.69, 9.17) is 9.47 Å². The summed E-state index contributed by atoms with van der Waals surface area (Å²) in [6.07, 6.45) is 3.38. The van der Waals surface area contributed by atoms with Crippen LogP contribution in [0.4, 0.5) is 5.69 Å². The zero-order valence-electron chi connectivity index (χ0n) is 22.0. The number of hydrogen-bond donors (Lipinski definition) is 2. The fraction of sp³-hybridized carbons (Fsp3) is 0.167. The molecule has 41 heavy (non-hydrogen) atoms. The number of hydrogen-bond acceptors (Lipinski definition) is 8. The molecule has 3 aromatic carbocycles. The lowest BCUT2D eigenvalue weighted by Crippen LogP contribution is -2.70. The molecule has 0 unspecified atom stereocenters. The van der Waals surface area contributed by atoms with Gasteiger partial charge in [-0.3, -0.25) is 24.6 Å². The van der Waals surface area contributed by atoms with Crippen LogP contribution in [0.5, 0.6) is 5.75 Å². The molecule has 1 heterocycles. The van der Waals surface area contributed by atoms with E-state index in [1.807, 2.05) is 36.4 Å². The number of aliphatic hydroxyl groups excluding tert-OH is 1. The van der Waals surface area contributed by atoms with Gasteiger partial charge in [0.15, 0.2) is 12.3 Å². The highest BCUT2D eigenvalue weighted by Gasteiger charge is 2.51. The number of nitro groups is 1. The predicted molar refractivity (Wildman–Crippen MR) is 148 cm³/mol. The van der Waals surface area contributed by atoms with Crippen LogP contribution in [0.2, 0.25) is 0 Å². The first kappa shape index (κ1) is 28.6. The number of para-hydroxylation sites is 1. The number of likely N-dealkylation sites (tertiary alicyclic amines) is 1. The number of rotatable bonds is 11. The summed E-state index contributed by atoms with van der Waals surface area (Å²) in [4.78, 5) is 50.3. The Morgan fingerprint density at radius 2 is 1.66 bits per heavy atom. The monoisotopic (exact) mass is 557 g/mol. The minimum Gasteiger partial charge on any atom is -0.510 e. The fourth-order valence-electron chi connectivity index (χ4n) is 4.12. The highest BCUT2D eigenvalue weighted by atomic mass is 16.6. The van der Waals surface area contributed by atoms with E-state index in [-0.39, 0.29) is 24.6 Å². The number of carbonyl (C=O) groups excluding carboxylic acids is 3. The fourth-order valence-corrected chi connectivity index (χ4v) is 4.12. The molecule has 1 aliphatic heterocycles. The van der Waals surface area contributed by atoms with Crippen LogP contribution < -0.4 is 10.1 Å². The molecule has 2 amide bonds. The molecule has 3 aromatic rings. The number of aliphatic hydroxyl groups is 1. The Labute approximate surface area is 235 Å². The normalized spacial score (nSPS) is 16.9. The first-order chi connectivity index (χ1) is 19.7. The van der Waals surface area contributed by atoms with Gasteiger partial charge in [0.1, 0.15) is 24.2 Å². The van der Waals surface area contributed by atoms with Gasteiger partial charge in [0.05, 0.1) is 11.0 Å². The number of amides is 2. The summed E-state index contributed by atoms with van der Waals surface area (Å²) in [5.74, 6) is -2.12. The van der Waals surface area contributed by atoms with Gasteiger partial charge in [-0.05, 0) is 42.3 Å². The van der Waals surface area contributed by atoms with Crippen LogP contribution in [0.3, 0.4) is 0 Å². The van der Waals surface area contributed by atoms with Gasteiger partial charge in [0, 0.05) is 12.1 Å². The number of ether oxygens (including phenoxy) is 2. The molecule has 0 radical (unpaired) electrons. The molecule has 1 aliphatic rings. The molecule has 210 valence electrons. The van der Waals surface area contributed by atoms with Crippen molar-refractivity contribution in [2.75, 3.05) is 6.61 Å². The molecular formula is C30H27N3O8. The van der Waals surface area contributed by atoms with Crippen molar-refractivity contribution >= 4 is 29.5 Å². The van der Waals surface area contributed by atoms with E-state index >= 15 is 0 Å². The minimum atomic E-state index is -1.03. The number of esters is 1. The molecule has 2 N–H and O–H groups in total. The third-order valence-corrected chi connectivity index (χ3v) is 6.15. The molecule has 2 atom stereocenters. The van der Waals surface area contributed by atoms with E-state index in [9.17, 15) is 29.6 Å². The maximum absolute atomic E-state index is 13.2. The van der Waals surface area contributed by atoms with Crippen molar-refractivity contribution < 1.29 is 33.9 Å². The van der Waals surface area contributed by atoms with Gasteiger partial charge in [0.2, 0.25) is 0 Å². The second-order valence-electron chi connectivity index (χ2n) is 9.05. The number of nitro benzene ring substituents is 1. The SMILES string of the molecule is CC(O)=C(C(=O)OCc1ccc([N+](=O)[O-])cc1)N1C(=O)[C@H](NC(=O)COc2ccccc2)[C@@H]1C=Cc1ccccc1. The Kier molecular flexibility index (Phi) is 9.10. The van der Waals surface area contributed by atoms with Gasteiger partial charge in [-0.2, -0.15) is 0 Å². The molecule has 11 nitrogen and oxygen atoms in total. The largest absolute Gasteiger partial charge is 0.510 e. The lowest BCUT2D eigenvalue weighted by Gasteiger charge is -2.46. The smallest absolute Gasteiger partial charge is 0.358 e. The summed E-state index contributed by atoms with van der Waals surface area (Å²) < 4.78 is 10.8. The van der Waals surface area contributed by atoms with Gasteiger partial charge in [0.25, 0.3) is 17.5 Å². The van der Waals surface area contributed by atoms with E-state index in [0.29, 0.717) is 11.3 Å². The molecular weight excluding hydrogens is 530 g/mol. The van der Waals surface area contributed by atoms with Crippen molar-refractivity contribution in [3.05, 3.63) is 124 Å². The number of nitrogens with one attached hydrogen (secondary N) is 1. The topological polar surface area (TPSA) is 148 Å². The van der Waals surface area contributed by atoms with E-state index in [1.54, 1.807) is 36.4 Å². The lowest BCUT2D eigenvalue weighted by molar-refractivity contribution is -0.384. The molecule has 0 saturated carbocycles. The van der Waals surface area contributed by atoms with Crippen molar-refractivity contribution in [1.82, 2.24) is 10.2 Å². The first-order valence-electron chi connectivity index (χ1n) is 12.6. The molecule has 0 spiro atoms. The molecule has 4 rings (SSSR count). The molecule has 0 bridgehead atoms. The third-order valence-electron chi connectivity index (χ3n) is 6.15. The second-order valence-corrected chi connectivity index (χ2v) is 9.05. The summed E-state index contributed by atoms with van der Waals surface area (Å²) >= 11 is 0. The van der Waals surface area contributed by atoms with E-state index < -0.39 is 40.5 Å². The van der Waals surface area contributed by atoms with Gasteiger partial charge < -0.3 is 19.9 Å². The minimum absolute atomic E-state index is 0.117. The quantitative estimate of drug-likeness (QED) is 0.0900. The summed E-state index contributed by atoms with van der Waals surface area (Å²) in [5.41, 5.74) is 0.785. The first-order valence-corrected chi connectivity index (χ1v) is 12.6. The Morgan fingerprint density at radius 1 is 1.02 bits per heavy atom. The van der Waals surface area contributed by atoms with Crippen molar-refractivity contribution in [3.63, 3.8) is 0 Å². The molecule has 11 heteroatoms. The van der Waals surface area contributed by atoms with Crippen molar-refractivity contribution in [3.8, 4) is 5.75 Å². The van der Waals surface area contributed by atoms with Crippen molar-refractivity contribution in [1.29, 1.82) is 0 Å².